The number of hydrogen-bond acceptors (Lipinski definition) is 6. The van der Waals surface area contributed by atoms with Crippen LogP contribution in [-0.2, 0) is 21.2 Å². The van der Waals surface area contributed by atoms with E-state index < -0.39 is 32.1 Å². The summed E-state index contributed by atoms with van der Waals surface area (Å²) in [6.07, 6.45) is 1.82. The Hall–Kier alpha value is -2.24. The Bertz CT molecular complexity index is 1060. The van der Waals surface area contributed by atoms with Crippen molar-refractivity contribution in [3.05, 3.63) is 48.9 Å². The molecule has 152 valence electrons. The Kier molecular flexibility index (Phi) is 6.16. The van der Waals surface area contributed by atoms with E-state index in [1.54, 1.807) is 11.3 Å². The Morgan fingerprint density at radius 2 is 2.14 bits per heavy atom. The van der Waals surface area contributed by atoms with Crippen LogP contribution in [0.25, 0.3) is 0 Å². The number of aryl methyl sites for hydroxylation is 1. The minimum Gasteiger partial charge on any atom is -0.355 e. The van der Waals surface area contributed by atoms with Gasteiger partial charge in [-0.25, -0.2) is 13.2 Å². The van der Waals surface area contributed by atoms with Crippen LogP contribution in [0.5, 0.6) is 0 Å². The molecule has 3 heterocycles. The molecule has 11 heteroatoms. The number of thiophene rings is 1. The number of rotatable bonds is 6. The third-order valence-corrected chi connectivity index (χ3v) is 7.63. The van der Waals surface area contributed by atoms with Crippen molar-refractivity contribution in [2.45, 2.75) is 31.1 Å². The molecule has 1 aliphatic heterocycles. The largest absolute Gasteiger partial charge is 0.355 e. The number of aromatic amines is 2. The molecule has 2 aromatic heterocycles. The van der Waals surface area contributed by atoms with Gasteiger partial charge in [0.25, 0.3) is 5.56 Å². The smallest absolute Gasteiger partial charge is 0.325 e. The second-order valence-corrected chi connectivity index (χ2v) is 9.59. The van der Waals surface area contributed by atoms with E-state index in [2.05, 4.69) is 10.3 Å². The predicted octanol–water partition coefficient (Wildman–Crippen LogP) is 0.193. The minimum atomic E-state index is -4.12. The molecule has 0 spiro atoms. The van der Waals surface area contributed by atoms with Crippen LogP contribution in [0.2, 0.25) is 0 Å². The van der Waals surface area contributed by atoms with Crippen molar-refractivity contribution in [3.8, 4) is 0 Å². The van der Waals surface area contributed by atoms with Gasteiger partial charge in [0.05, 0.1) is 5.92 Å². The van der Waals surface area contributed by atoms with E-state index in [0.29, 0.717) is 19.4 Å². The summed E-state index contributed by atoms with van der Waals surface area (Å²) >= 11 is 1.62. The average molecular weight is 427 g/mol. The molecule has 0 aliphatic carbocycles. The van der Waals surface area contributed by atoms with Gasteiger partial charge in [-0.3, -0.25) is 14.6 Å². The van der Waals surface area contributed by atoms with Crippen molar-refractivity contribution in [3.63, 3.8) is 0 Å². The Morgan fingerprint density at radius 3 is 2.82 bits per heavy atom. The van der Waals surface area contributed by atoms with Gasteiger partial charge < -0.3 is 10.3 Å². The minimum absolute atomic E-state index is 0.00513. The third-order valence-electron chi connectivity index (χ3n) is 4.68. The van der Waals surface area contributed by atoms with Gasteiger partial charge in [-0.05, 0) is 37.6 Å². The van der Waals surface area contributed by atoms with Gasteiger partial charge in [-0.1, -0.05) is 6.07 Å². The van der Waals surface area contributed by atoms with Crippen molar-refractivity contribution in [1.29, 1.82) is 0 Å². The van der Waals surface area contributed by atoms with Crippen molar-refractivity contribution in [2.24, 2.45) is 5.92 Å². The average Bonchev–Trinajstić information content (AvgIpc) is 3.14. The number of hydrogen-bond donors (Lipinski definition) is 3. The molecule has 1 fully saturated rings. The first-order chi connectivity index (χ1) is 13.3. The van der Waals surface area contributed by atoms with Crippen molar-refractivity contribution in [1.82, 2.24) is 19.6 Å². The predicted molar refractivity (Wildman–Crippen MR) is 105 cm³/mol. The summed E-state index contributed by atoms with van der Waals surface area (Å²) in [6.45, 7) is 2.08. The van der Waals surface area contributed by atoms with Gasteiger partial charge in [0.2, 0.25) is 15.9 Å². The van der Waals surface area contributed by atoms with E-state index in [4.69, 9.17) is 0 Å². The molecule has 2 aromatic rings. The summed E-state index contributed by atoms with van der Waals surface area (Å²) in [5.41, 5.74) is -1.73. The van der Waals surface area contributed by atoms with E-state index >= 15 is 0 Å². The fourth-order valence-electron chi connectivity index (χ4n) is 3.31. The van der Waals surface area contributed by atoms with Gasteiger partial charge in [0.1, 0.15) is 0 Å². The maximum absolute atomic E-state index is 12.9. The second kappa shape index (κ2) is 8.41. The van der Waals surface area contributed by atoms with Crippen molar-refractivity contribution < 1.29 is 13.2 Å². The van der Waals surface area contributed by atoms with Crippen molar-refractivity contribution >= 4 is 27.3 Å². The van der Waals surface area contributed by atoms with Crippen LogP contribution in [0.15, 0.2) is 32.0 Å². The van der Waals surface area contributed by atoms with Crippen LogP contribution >= 0.6 is 11.3 Å². The second-order valence-electron chi connectivity index (χ2n) is 6.68. The molecule has 0 radical (unpaired) electrons. The molecule has 0 saturated carbocycles. The quantitative estimate of drug-likeness (QED) is 0.607. The molecular formula is C17H22N4O5S2. The van der Waals surface area contributed by atoms with Gasteiger partial charge in [-0.2, -0.15) is 4.31 Å². The lowest BCUT2D eigenvalue weighted by Gasteiger charge is -2.31. The summed E-state index contributed by atoms with van der Waals surface area (Å²) in [5, 5.41) is 4.84. The summed E-state index contributed by atoms with van der Waals surface area (Å²) in [5.74, 6) is -0.669. The molecule has 1 atom stereocenters. The third kappa shape index (κ3) is 4.42. The number of aromatic nitrogens is 2. The van der Waals surface area contributed by atoms with E-state index in [0.717, 1.165) is 10.7 Å². The maximum Gasteiger partial charge on any atom is 0.325 e. The number of nitrogens with zero attached hydrogens (tertiary/aromatic N) is 1. The Morgan fingerprint density at radius 1 is 1.36 bits per heavy atom. The lowest BCUT2D eigenvalue weighted by atomic mass is 9.99. The number of carbonyl (C=O) groups is 1. The first kappa shape index (κ1) is 20.5. The van der Waals surface area contributed by atoms with Crippen molar-refractivity contribution in [2.75, 3.05) is 19.6 Å². The Labute approximate surface area is 165 Å². The first-order valence-electron chi connectivity index (χ1n) is 8.92. The molecule has 1 aliphatic rings. The number of amides is 1. The highest BCUT2D eigenvalue weighted by atomic mass is 32.2. The van der Waals surface area contributed by atoms with E-state index in [1.165, 1.54) is 11.8 Å². The van der Waals surface area contributed by atoms with Gasteiger partial charge in [0.15, 0.2) is 4.90 Å². The first-order valence-corrected chi connectivity index (χ1v) is 11.2. The molecule has 3 N–H and O–H groups in total. The summed E-state index contributed by atoms with van der Waals surface area (Å²) < 4.78 is 27.0. The van der Waals surface area contributed by atoms with Gasteiger partial charge in [0, 0.05) is 30.2 Å². The summed E-state index contributed by atoms with van der Waals surface area (Å²) in [4.78, 5) is 40.8. The van der Waals surface area contributed by atoms with Crippen LogP contribution in [0.4, 0.5) is 0 Å². The van der Waals surface area contributed by atoms with E-state index in [-0.39, 0.29) is 24.7 Å². The van der Waals surface area contributed by atoms with E-state index in [9.17, 15) is 22.8 Å². The number of piperidine rings is 1. The molecule has 1 amide bonds. The lowest BCUT2D eigenvalue weighted by molar-refractivity contribution is -0.126. The summed E-state index contributed by atoms with van der Waals surface area (Å²) in [7, 11) is -4.12. The zero-order chi connectivity index (χ0) is 20.3. The zero-order valence-corrected chi connectivity index (χ0v) is 17.0. The number of nitrogens with one attached hydrogen (secondary N) is 3. The van der Waals surface area contributed by atoms with Gasteiger partial charge in [-0.15, -0.1) is 11.3 Å². The molecule has 0 aromatic carbocycles. The Balaban J connectivity index is 1.69. The van der Waals surface area contributed by atoms with Crippen LogP contribution in [0.1, 0.15) is 23.4 Å². The highest BCUT2D eigenvalue weighted by Gasteiger charge is 2.35. The normalized spacial score (nSPS) is 18.1. The molecule has 1 saturated heterocycles. The standard InChI is InChI=1S/C17H22N4O5S2/c1-11-14(16(23)20-17(24)19-11)28(25,26)21-8-2-4-12(10-21)15(22)18-7-6-13-5-3-9-27-13/h3,5,9,12H,2,4,6-8,10H2,1H3,(H,18,22)(H2,19,20,23,24). The van der Waals surface area contributed by atoms with Crippen LogP contribution in [0.3, 0.4) is 0 Å². The molecule has 1 unspecified atom stereocenters. The SMILES string of the molecule is Cc1[nH]c(=O)[nH]c(=O)c1S(=O)(=O)N1CCCC(C(=O)NCCc2cccs2)C1. The summed E-state index contributed by atoms with van der Waals surface area (Å²) in [6, 6.07) is 3.95. The van der Waals surface area contributed by atoms with E-state index in [1.807, 2.05) is 22.5 Å². The maximum atomic E-state index is 12.9. The number of H-pyrrole nitrogens is 2. The molecule has 0 bridgehead atoms. The number of carbonyl (C=O) groups excluding carboxylic acids is 1. The zero-order valence-electron chi connectivity index (χ0n) is 15.4. The number of sulfonamides is 1. The topological polar surface area (TPSA) is 132 Å². The van der Waals surface area contributed by atoms with Crippen LogP contribution < -0.4 is 16.6 Å². The van der Waals surface area contributed by atoms with Crippen LogP contribution in [-0.4, -0.2) is 48.2 Å². The monoisotopic (exact) mass is 426 g/mol. The highest BCUT2D eigenvalue weighted by molar-refractivity contribution is 7.89. The highest BCUT2D eigenvalue weighted by Crippen LogP contribution is 2.23. The molecule has 3 rings (SSSR count). The lowest BCUT2D eigenvalue weighted by Crippen LogP contribution is -2.47. The molecular weight excluding hydrogens is 404 g/mol. The van der Waals surface area contributed by atoms with Crippen LogP contribution in [0, 0.1) is 12.8 Å². The van der Waals surface area contributed by atoms with Gasteiger partial charge >= 0.3 is 5.69 Å². The molecule has 9 nitrogen and oxygen atoms in total. The fraction of sp³-hybridized carbons (Fsp3) is 0.471. The fourth-order valence-corrected chi connectivity index (χ4v) is 5.75. The molecule has 28 heavy (non-hydrogen) atoms.